The van der Waals surface area contributed by atoms with E-state index in [1.54, 1.807) is 6.26 Å². The molecule has 65 heavy (non-hydrogen) atoms. The lowest BCUT2D eigenvalue weighted by Crippen LogP contribution is -2.66. The molecule has 3 aromatic carbocycles. The third-order valence-corrected chi connectivity index (χ3v) is 28.0. The van der Waals surface area contributed by atoms with E-state index in [1.165, 1.54) is 35.7 Å². The van der Waals surface area contributed by atoms with Crippen molar-refractivity contribution in [1.29, 1.82) is 0 Å². The number of ether oxygens (including phenoxy) is 1. The smallest absolute Gasteiger partial charge is 0.305 e. The van der Waals surface area contributed by atoms with Crippen LogP contribution in [-0.2, 0) is 40.3 Å². The maximum atomic E-state index is 14.9. The van der Waals surface area contributed by atoms with Gasteiger partial charge in [0, 0.05) is 48.7 Å². The van der Waals surface area contributed by atoms with Crippen molar-refractivity contribution < 1.29 is 32.0 Å². The van der Waals surface area contributed by atoms with Crippen molar-refractivity contribution in [3.05, 3.63) is 126 Å². The van der Waals surface area contributed by atoms with E-state index < -0.39 is 25.0 Å². The van der Waals surface area contributed by atoms with Gasteiger partial charge in [0.05, 0.1) is 25.7 Å². The van der Waals surface area contributed by atoms with E-state index in [4.69, 9.17) is 23.0 Å². The molecule has 4 aromatic rings. The van der Waals surface area contributed by atoms with E-state index in [1.807, 2.05) is 12.1 Å². The number of benzene rings is 3. The van der Waals surface area contributed by atoms with Crippen molar-refractivity contribution in [2.75, 3.05) is 13.7 Å². The van der Waals surface area contributed by atoms with E-state index in [9.17, 15) is 14.0 Å². The standard InChI is InChI=1S/C54H78FNO6Si3/c1-39(2)50-47(38-64(16,53(7,8)9)60-35-34-43(57)24-23-29-48(58)59-13)49(41-30-32-42(55)33-31-41)46(37-61-63(14,15)52(4,5)6)51(56-50)40(3)36-62-65(54(10,11)12,44-25-19-17-20-26-44)45-27-21-18-22-28-45/h17-22,25-28,30-35,39-40H,23-24,29,36-38H2,1-16H3/b35-34+/t40?,64-/m0/s1. The number of methoxy groups -OCH3 is 1. The van der Waals surface area contributed by atoms with Crippen LogP contribution < -0.4 is 10.4 Å². The third-order valence-electron chi connectivity index (χ3n) is 13.7. The maximum absolute atomic E-state index is 14.9. The number of hydrogen-bond donors (Lipinski definition) is 0. The number of aromatic nitrogens is 1. The molecule has 0 saturated heterocycles. The maximum Gasteiger partial charge on any atom is 0.305 e. The summed E-state index contributed by atoms with van der Waals surface area (Å²) < 4.78 is 41.3. The Morgan fingerprint density at radius 3 is 1.74 bits per heavy atom. The van der Waals surface area contributed by atoms with Gasteiger partial charge in [-0.1, -0.05) is 156 Å². The summed E-state index contributed by atoms with van der Waals surface area (Å²) in [6.07, 6.45) is 3.87. The summed E-state index contributed by atoms with van der Waals surface area (Å²) in [5.41, 5.74) is 5.83. The highest BCUT2D eigenvalue weighted by atomic mass is 28.4. The molecule has 0 radical (unpaired) electrons. The molecule has 0 amide bonds. The van der Waals surface area contributed by atoms with E-state index in [0.29, 0.717) is 25.7 Å². The molecule has 0 fully saturated rings. The largest absolute Gasteiger partial charge is 0.548 e. The molecule has 4 rings (SSSR count). The Balaban J connectivity index is 2.00. The monoisotopic (exact) mass is 940 g/mol. The van der Waals surface area contributed by atoms with Crippen LogP contribution in [0.3, 0.4) is 0 Å². The van der Waals surface area contributed by atoms with Crippen LogP contribution in [-0.4, -0.2) is 55.4 Å². The van der Waals surface area contributed by atoms with Gasteiger partial charge in [0.15, 0.2) is 14.1 Å². The van der Waals surface area contributed by atoms with Gasteiger partial charge in [0.25, 0.3) is 16.6 Å². The molecule has 1 heterocycles. The minimum Gasteiger partial charge on any atom is -0.548 e. The second-order valence-electron chi connectivity index (χ2n) is 21.8. The van der Waals surface area contributed by atoms with Gasteiger partial charge in [-0.2, -0.15) is 0 Å². The molecule has 11 heteroatoms. The summed E-state index contributed by atoms with van der Waals surface area (Å²) in [4.78, 5) is 30.4. The predicted octanol–water partition coefficient (Wildman–Crippen LogP) is 13.1. The first-order chi connectivity index (χ1) is 30.2. The Morgan fingerprint density at radius 1 is 0.708 bits per heavy atom. The molecule has 0 bridgehead atoms. The first-order valence-electron chi connectivity index (χ1n) is 23.3. The molecule has 0 aliphatic heterocycles. The average Bonchev–Trinajstić information content (AvgIpc) is 3.22. The van der Waals surface area contributed by atoms with E-state index in [-0.39, 0.29) is 57.4 Å². The number of rotatable bonds is 20. The molecule has 7 nitrogen and oxygen atoms in total. The quantitative estimate of drug-likeness (QED) is 0.0378. The Hall–Kier alpha value is -4.01. The number of hydrogen-bond acceptors (Lipinski definition) is 7. The molecule has 0 aliphatic carbocycles. The van der Waals surface area contributed by atoms with Gasteiger partial charge in [0.2, 0.25) is 0 Å². The highest BCUT2D eigenvalue weighted by Crippen LogP contribution is 2.46. The molecule has 0 aliphatic rings. The topological polar surface area (TPSA) is 84.0 Å². The zero-order valence-corrected chi connectivity index (χ0v) is 45.4. The molecule has 1 unspecified atom stereocenters. The number of halogens is 1. The lowest BCUT2D eigenvalue weighted by atomic mass is 9.87. The number of carbonyl (C=O) groups excluding carboxylic acids is 2. The van der Waals surface area contributed by atoms with Gasteiger partial charge in [-0.3, -0.25) is 14.6 Å². The highest BCUT2D eigenvalue weighted by molar-refractivity contribution is 6.99. The zero-order chi connectivity index (χ0) is 48.6. The van der Waals surface area contributed by atoms with Gasteiger partial charge in [-0.15, -0.1) is 0 Å². The molecule has 0 spiro atoms. The van der Waals surface area contributed by atoms with Crippen molar-refractivity contribution in [1.82, 2.24) is 4.98 Å². The van der Waals surface area contributed by atoms with Gasteiger partial charge in [-0.25, -0.2) is 4.39 Å². The summed E-state index contributed by atoms with van der Waals surface area (Å²) in [6, 6.07) is 28.9. The molecule has 0 N–H and O–H groups in total. The van der Waals surface area contributed by atoms with Crippen LogP contribution in [0.2, 0.25) is 34.8 Å². The van der Waals surface area contributed by atoms with E-state index in [2.05, 4.69) is 163 Å². The zero-order valence-electron chi connectivity index (χ0n) is 42.4. The van der Waals surface area contributed by atoms with Crippen molar-refractivity contribution in [3.8, 4) is 11.1 Å². The lowest BCUT2D eigenvalue weighted by molar-refractivity contribution is -0.140. The number of nitrogens with zero attached hydrogens (tertiary/aromatic N) is 1. The van der Waals surface area contributed by atoms with Crippen molar-refractivity contribution in [2.45, 2.75) is 162 Å². The number of carbonyl (C=O) groups is 2. The second-order valence-corrected chi connectivity index (χ2v) is 35.4. The highest BCUT2D eigenvalue weighted by Gasteiger charge is 2.51. The van der Waals surface area contributed by atoms with E-state index >= 15 is 0 Å². The molecule has 0 saturated carbocycles. The van der Waals surface area contributed by atoms with Gasteiger partial charge in [0.1, 0.15) is 5.82 Å². The van der Waals surface area contributed by atoms with Crippen LogP contribution in [0.1, 0.15) is 137 Å². The van der Waals surface area contributed by atoms with Gasteiger partial charge < -0.3 is 18.0 Å². The second kappa shape index (κ2) is 21.7. The Bertz CT molecular complexity index is 2190. The fraction of sp³-hybridized carbons (Fsp3) is 0.500. The number of esters is 1. The van der Waals surface area contributed by atoms with Crippen LogP contribution in [0, 0.1) is 5.82 Å². The predicted molar refractivity (Wildman–Crippen MR) is 274 cm³/mol. The summed E-state index contributed by atoms with van der Waals surface area (Å²) >= 11 is 0. The van der Waals surface area contributed by atoms with Crippen LogP contribution in [0.4, 0.5) is 4.39 Å². The fourth-order valence-electron chi connectivity index (χ4n) is 8.11. The summed E-state index contributed by atoms with van der Waals surface area (Å²) in [7, 11) is -6.71. The Labute approximate surface area is 394 Å². The number of ketones is 1. The lowest BCUT2D eigenvalue weighted by Gasteiger charge is -2.43. The van der Waals surface area contributed by atoms with Crippen molar-refractivity contribution >= 4 is 47.1 Å². The Morgan fingerprint density at radius 2 is 1.26 bits per heavy atom. The summed E-state index contributed by atoms with van der Waals surface area (Å²) in [5.74, 6) is -0.888. The molecular formula is C54H78FNO6Si3. The number of allylic oxidation sites excluding steroid dienone is 1. The van der Waals surface area contributed by atoms with Crippen LogP contribution >= 0.6 is 0 Å². The summed E-state index contributed by atoms with van der Waals surface area (Å²) in [5, 5.41) is 1.88. The first kappa shape index (κ1) is 53.6. The third kappa shape index (κ3) is 12.9. The van der Waals surface area contributed by atoms with Crippen LogP contribution in [0.15, 0.2) is 97.3 Å². The molecular weight excluding hydrogens is 862 g/mol. The normalized spacial score (nSPS) is 14.4. The van der Waals surface area contributed by atoms with Crippen molar-refractivity contribution in [2.24, 2.45) is 0 Å². The average molecular weight is 940 g/mol. The molecule has 2 atom stereocenters. The SMILES string of the molecule is COC(=O)CCCC(=O)/C=C/O[Si@@](C)(Cc1c(C(C)C)nc(C(C)CO[Si](c2ccccc2)(c2ccccc2)C(C)(C)C)c(CO[Si](C)(C)C(C)(C)C)c1-c1ccc(F)cc1)C(C)(C)C. The Kier molecular flexibility index (Phi) is 17.9. The molecule has 354 valence electrons. The van der Waals surface area contributed by atoms with Crippen molar-refractivity contribution in [3.63, 3.8) is 0 Å². The minimum atomic E-state index is -2.91. The summed E-state index contributed by atoms with van der Waals surface area (Å²) in [6.45, 7) is 34.4. The van der Waals surface area contributed by atoms with Gasteiger partial charge >= 0.3 is 5.97 Å². The fourth-order valence-corrected chi connectivity index (χ4v) is 16.1. The van der Waals surface area contributed by atoms with Gasteiger partial charge in [-0.05, 0) is 86.3 Å². The number of pyridine rings is 1. The van der Waals surface area contributed by atoms with Crippen LogP contribution in [0.25, 0.3) is 11.1 Å². The molecule has 1 aromatic heterocycles. The van der Waals surface area contributed by atoms with Crippen LogP contribution in [0.5, 0.6) is 0 Å². The minimum absolute atomic E-state index is 0.0215. The van der Waals surface area contributed by atoms with E-state index in [0.717, 1.165) is 33.6 Å². The first-order valence-corrected chi connectivity index (χ1v) is 30.8.